The molecule has 0 unspecified atom stereocenters. The van der Waals surface area contributed by atoms with E-state index < -0.39 is 0 Å². The van der Waals surface area contributed by atoms with E-state index in [-0.39, 0.29) is 0 Å². The molecule has 0 amide bonds. The molecule has 2 aromatic rings. The number of aromatic nitrogens is 1. The molecule has 2 rings (SSSR count). The summed E-state index contributed by atoms with van der Waals surface area (Å²) in [5, 5.41) is 3.29. The molecule has 19 heavy (non-hydrogen) atoms. The van der Waals surface area contributed by atoms with Gasteiger partial charge in [0.2, 0.25) is 0 Å². The lowest BCUT2D eigenvalue weighted by atomic mass is 10.1. The number of nitrogens with two attached hydrogens (primary N) is 1. The van der Waals surface area contributed by atoms with Gasteiger partial charge in [0.1, 0.15) is 10.7 Å². The van der Waals surface area contributed by atoms with E-state index >= 15 is 0 Å². The van der Waals surface area contributed by atoms with Crippen molar-refractivity contribution in [2.75, 3.05) is 12.4 Å². The number of methoxy groups -OCH3 is 1. The quantitative estimate of drug-likeness (QED) is 0.839. The van der Waals surface area contributed by atoms with Gasteiger partial charge in [0.15, 0.2) is 0 Å². The summed E-state index contributed by atoms with van der Waals surface area (Å²) in [5.41, 5.74) is 9.13. The van der Waals surface area contributed by atoms with E-state index in [4.69, 9.17) is 22.7 Å². The van der Waals surface area contributed by atoms with Gasteiger partial charge in [0.25, 0.3) is 0 Å². The zero-order chi connectivity index (χ0) is 13.8. The van der Waals surface area contributed by atoms with Crippen molar-refractivity contribution in [2.45, 2.75) is 6.92 Å². The Morgan fingerprint density at radius 1 is 1.32 bits per heavy atom. The number of nitrogens with zero attached hydrogens (tertiary/aromatic N) is 1. The Morgan fingerprint density at radius 2 is 2.11 bits per heavy atom. The van der Waals surface area contributed by atoms with Crippen molar-refractivity contribution in [3.05, 3.63) is 47.8 Å². The van der Waals surface area contributed by atoms with E-state index in [0.717, 1.165) is 28.4 Å². The number of thiocarbonyl (C=S) groups is 1. The minimum absolute atomic E-state index is 0.340. The zero-order valence-corrected chi connectivity index (χ0v) is 11.6. The van der Waals surface area contributed by atoms with Crippen molar-refractivity contribution in [2.24, 2.45) is 5.73 Å². The number of ether oxygens (including phenoxy) is 1. The predicted octanol–water partition coefficient (Wildman–Crippen LogP) is 2.78. The van der Waals surface area contributed by atoms with Crippen LogP contribution in [0.4, 0.5) is 11.4 Å². The molecule has 1 aromatic heterocycles. The molecule has 0 spiro atoms. The largest absolute Gasteiger partial charge is 0.497 e. The number of benzene rings is 1. The van der Waals surface area contributed by atoms with Crippen LogP contribution in [0.1, 0.15) is 11.3 Å². The average Bonchev–Trinajstić information content (AvgIpc) is 2.41. The minimum Gasteiger partial charge on any atom is -0.497 e. The molecule has 0 bridgehead atoms. The Hall–Kier alpha value is -2.14. The van der Waals surface area contributed by atoms with Crippen LogP contribution < -0.4 is 15.8 Å². The lowest BCUT2D eigenvalue weighted by molar-refractivity contribution is 0.415. The first kappa shape index (κ1) is 13.3. The van der Waals surface area contributed by atoms with Gasteiger partial charge >= 0.3 is 0 Å². The molecule has 0 fully saturated rings. The van der Waals surface area contributed by atoms with Gasteiger partial charge in [-0.05, 0) is 31.2 Å². The topological polar surface area (TPSA) is 60.2 Å². The first-order valence-electron chi connectivity index (χ1n) is 5.78. The Kier molecular flexibility index (Phi) is 3.97. The van der Waals surface area contributed by atoms with E-state index in [2.05, 4.69) is 10.3 Å². The van der Waals surface area contributed by atoms with Crippen molar-refractivity contribution >= 4 is 28.6 Å². The molecular formula is C14H15N3OS. The lowest BCUT2D eigenvalue weighted by Crippen LogP contribution is -2.12. The van der Waals surface area contributed by atoms with Gasteiger partial charge in [0, 0.05) is 17.8 Å². The maximum Gasteiger partial charge on any atom is 0.120 e. The van der Waals surface area contributed by atoms with Crippen LogP contribution in [0.15, 0.2) is 36.5 Å². The maximum absolute atomic E-state index is 5.73. The summed E-state index contributed by atoms with van der Waals surface area (Å²) in [4.78, 5) is 4.57. The summed E-state index contributed by atoms with van der Waals surface area (Å²) in [6.07, 6.45) is 1.75. The summed E-state index contributed by atoms with van der Waals surface area (Å²) in [7, 11) is 1.62. The van der Waals surface area contributed by atoms with Gasteiger partial charge in [-0.15, -0.1) is 0 Å². The molecule has 0 radical (unpaired) electrons. The number of hydrogen-bond acceptors (Lipinski definition) is 4. The fourth-order valence-corrected chi connectivity index (χ4v) is 1.91. The van der Waals surface area contributed by atoms with Crippen LogP contribution in [0.2, 0.25) is 0 Å². The third-order valence-corrected chi connectivity index (χ3v) is 2.99. The third-order valence-electron chi connectivity index (χ3n) is 2.77. The normalized spacial score (nSPS) is 10.0. The minimum atomic E-state index is 0.340. The molecule has 0 saturated carbocycles. The highest BCUT2D eigenvalue weighted by Crippen LogP contribution is 2.26. The van der Waals surface area contributed by atoms with Crippen LogP contribution in [0.5, 0.6) is 5.75 Å². The highest BCUT2D eigenvalue weighted by Gasteiger charge is 2.08. The fraction of sp³-hybridized carbons (Fsp3) is 0.143. The van der Waals surface area contributed by atoms with E-state index in [9.17, 15) is 0 Å². The molecule has 0 saturated heterocycles. The maximum atomic E-state index is 5.73. The Morgan fingerprint density at radius 3 is 2.74 bits per heavy atom. The van der Waals surface area contributed by atoms with Crippen LogP contribution in [-0.2, 0) is 0 Å². The second-order valence-electron chi connectivity index (χ2n) is 4.04. The summed E-state index contributed by atoms with van der Waals surface area (Å²) in [6, 6.07) is 9.35. The Balaban J connectivity index is 2.43. The summed E-state index contributed by atoms with van der Waals surface area (Å²) in [5.74, 6) is 0.740. The molecular weight excluding hydrogens is 258 g/mol. The SMILES string of the molecule is COc1ccc(C(N)=S)c(Nc2cccnc2C)c1. The second kappa shape index (κ2) is 5.67. The first-order valence-corrected chi connectivity index (χ1v) is 6.19. The van der Waals surface area contributed by atoms with E-state index in [0.29, 0.717) is 4.99 Å². The summed E-state index contributed by atoms with van der Waals surface area (Å²) in [6.45, 7) is 1.93. The van der Waals surface area contributed by atoms with Crippen LogP contribution in [0.25, 0.3) is 0 Å². The number of aryl methyl sites for hydroxylation is 1. The van der Waals surface area contributed by atoms with E-state index in [1.165, 1.54) is 0 Å². The Labute approximate surface area is 117 Å². The predicted molar refractivity (Wildman–Crippen MR) is 81.1 cm³/mol. The molecule has 0 aliphatic rings. The molecule has 0 atom stereocenters. The molecule has 98 valence electrons. The number of pyridine rings is 1. The zero-order valence-electron chi connectivity index (χ0n) is 10.8. The van der Waals surface area contributed by atoms with Gasteiger partial charge in [-0.25, -0.2) is 0 Å². The number of anilines is 2. The van der Waals surface area contributed by atoms with Gasteiger partial charge < -0.3 is 15.8 Å². The van der Waals surface area contributed by atoms with Crippen molar-refractivity contribution in [1.29, 1.82) is 0 Å². The number of nitrogens with one attached hydrogen (secondary N) is 1. The van der Waals surface area contributed by atoms with Crippen molar-refractivity contribution in [3.63, 3.8) is 0 Å². The molecule has 3 N–H and O–H groups in total. The molecule has 4 nitrogen and oxygen atoms in total. The van der Waals surface area contributed by atoms with Crippen LogP contribution in [-0.4, -0.2) is 17.1 Å². The number of hydrogen-bond donors (Lipinski definition) is 2. The lowest BCUT2D eigenvalue weighted by Gasteiger charge is -2.14. The van der Waals surface area contributed by atoms with Gasteiger partial charge in [-0.2, -0.15) is 0 Å². The van der Waals surface area contributed by atoms with Gasteiger partial charge in [-0.1, -0.05) is 12.2 Å². The van der Waals surface area contributed by atoms with Gasteiger partial charge in [-0.3, -0.25) is 4.98 Å². The average molecular weight is 273 g/mol. The third kappa shape index (κ3) is 3.00. The molecule has 5 heteroatoms. The van der Waals surface area contributed by atoms with E-state index in [1.807, 2.05) is 37.3 Å². The highest BCUT2D eigenvalue weighted by atomic mass is 32.1. The summed E-state index contributed by atoms with van der Waals surface area (Å²) >= 11 is 5.06. The first-order chi connectivity index (χ1) is 9.11. The molecule has 1 heterocycles. The smallest absolute Gasteiger partial charge is 0.120 e. The second-order valence-corrected chi connectivity index (χ2v) is 4.48. The molecule has 0 aliphatic carbocycles. The van der Waals surface area contributed by atoms with Gasteiger partial charge in [0.05, 0.1) is 24.2 Å². The summed E-state index contributed by atoms with van der Waals surface area (Å²) < 4.78 is 5.22. The standard InChI is InChI=1S/C14H15N3OS/c1-9-12(4-3-7-16-9)17-13-8-10(18-2)5-6-11(13)14(15)19/h3-8,17H,1-2H3,(H2,15,19). The Bertz CT molecular complexity index is 613. The monoisotopic (exact) mass is 273 g/mol. The number of rotatable bonds is 4. The van der Waals surface area contributed by atoms with Crippen LogP contribution in [0, 0.1) is 6.92 Å². The molecule has 1 aromatic carbocycles. The fourth-order valence-electron chi connectivity index (χ4n) is 1.73. The van der Waals surface area contributed by atoms with E-state index in [1.54, 1.807) is 13.3 Å². The van der Waals surface area contributed by atoms with Crippen molar-refractivity contribution in [1.82, 2.24) is 4.98 Å². The van der Waals surface area contributed by atoms with Crippen LogP contribution >= 0.6 is 12.2 Å². The highest BCUT2D eigenvalue weighted by molar-refractivity contribution is 7.80. The molecule has 0 aliphatic heterocycles. The van der Waals surface area contributed by atoms with Crippen molar-refractivity contribution < 1.29 is 4.74 Å². The van der Waals surface area contributed by atoms with Crippen LogP contribution in [0.3, 0.4) is 0 Å². The van der Waals surface area contributed by atoms with Crippen molar-refractivity contribution in [3.8, 4) is 5.75 Å².